The van der Waals surface area contributed by atoms with Crippen molar-refractivity contribution in [1.29, 1.82) is 0 Å². The molecule has 0 unspecified atom stereocenters. The topological polar surface area (TPSA) is 69.4 Å². The number of benzene rings is 1. The molecule has 1 aromatic rings. The zero-order valence-corrected chi connectivity index (χ0v) is 9.95. The van der Waals surface area contributed by atoms with Crippen molar-refractivity contribution in [3.8, 4) is 0 Å². The summed E-state index contributed by atoms with van der Waals surface area (Å²) < 4.78 is 5.29. The van der Waals surface area contributed by atoms with E-state index in [1.807, 2.05) is 30.3 Å². The zero-order chi connectivity index (χ0) is 13.0. The van der Waals surface area contributed by atoms with Gasteiger partial charge in [-0.25, -0.2) is 0 Å². The monoisotopic (exact) mass is 249 g/mol. The van der Waals surface area contributed by atoms with Crippen molar-refractivity contribution < 1.29 is 14.5 Å². The summed E-state index contributed by atoms with van der Waals surface area (Å²) in [5.41, 5.74) is 0.832. The van der Waals surface area contributed by atoms with Crippen molar-refractivity contribution in [2.45, 2.75) is 12.3 Å². The Hall–Kier alpha value is -1.75. The molecular weight excluding hydrogens is 234 g/mol. The standard InChI is InChI=1S/C13H15NO4/c15-13-6-7-18-9-12(13)11(8-14(16)17)10-4-2-1-3-5-10/h1-5,11-12H,6-9H2/t11-,12-/m1/s1. The predicted molar refractivity (Wildman–Crippen MR) is 65.0 cm³/mol. The van der Waals surface area contributed by atoms with Gasteiger partial charge < -0.3 is 4.74 Å². The van der Waals surface area contributed by atoms with E-state index in [0.717, 1.165) is 5.56 Å². The number of hydrogen-bond acceptors (Lipinski definition) is 4. The highest BCUT2D eigenvalue weighted by Crippen LogP contribution is 2.29. The highest BCUT2D eigenvalue weighted by Gasteiger charge is 2.35. The number of carbonyl (C=O) groups is 1. The molecule has 1 aromatic carbocycles. The van der Waals surface area contributed by atoms with Gasteiger partial charge in [0, 0.05) is 11.3 Å². The highest BCUT2D eigenvalue weighted by atomic mass is 16.6. The Bertz CT molecular complexity index is 432. The molecule has 18 heavy (non-hydrogen) atoms. The van der Waals surface area contributed by atoms with Crippen LogP contribution in [0.4, 0.5) is 0 Å². The Labute approximate surface area is 105 Å². The first-order valence-electron chi connectivity index (χ1n) is 5.95. The molecule has 1 aliphatic rings. The molecule has 0 radical (unpaired) electrons. The van der Waals surface area contributed by atoms with E-state index in [1.54, 1.807) is 0 Å². The van der Waals surface area contributed by atoms with Crippen LogP contribution in [0.1, 0.15) is 17.9 Å². The average molecular weight is 249 g/mol. The second-order valence-corrected chi connectivity index (χ2v) is 4.43. The highest BCUT2D eigenvalue weighted by molar-refractivity contribution is 5.82. The van der Waals surface area contributed by atoms with Gasteiger partial charge in [-0.1, -0.05) is 30.3 Å². The Kier molecular flexibility index (Phi) is 4.04. The minimum Gasteiger partial charge on any atom is -0.380 e. The molecule has 0 bridgehead atoms. The molecule has 2 atom stereocenters. The van der Waals surface area contributed by atoms with Crippen molar-refractivity contribution in [1.82, 2.24) is 0 Å². The number of Topliss-reactive ketones (excluding diaryl/α,β-unsaturated/α-hetero) is 1. The van der Waals surface area contributed by atoms with E-state index in [-0.39, 0.29) is 23.9 Å². The fourth-order valence-corrected chi connectivity index (χ4v) is 2.33. The number of ketones is 1. The van der Waals surface area contributed by atoms with Crippen LogP contribution in [-0.2, 0) is 9.53 Å². The normalized spacial score (nSPS) is 21.6. The summed E-state index contributed by atoms with van der Waals surface area (Å²) in [6.07, 6.45) is 0.353. The summed E-state index contributed by atoms with van der Waals surface area (Å²) in [5.74, 6) is -0.725. The maximum absolute atomic E-state index is 11.9. The van der Waals surface area contributed by atoms with Crippen molar-refractivity contribution in [3.05, 3.63) is 46.0 Å². The van der Waals surface area contributed by atoms with Crippen LogP contribution in [0.2, 0.25) is 0 Å². The first kappa shape index (κ1) is 12.7. The van der Waals surface area contributed by atoms with Crippen LogP contribution in [0, 0.1) is 16.0 Å². The summed E-state index contributed by atoms with van der Waals surface area (Å²) >= 11 is 0. The Morgan fingerprint density at radius 2 is 2.11 bits per heavy atom. The van der Waals surface area contributed by atoms with Gasteiger partial charge in [0.1, 0.15) is 5.78 Å². The van der Waals surface area contributed by atoms with E-state index in [2.05, 4.69) is 0 Å². The smallest absolute Gasteiger partial charge is 0.211 e. The van der Waals surface area contributed by atoms with Gasteiger partial charge in [-0.2, -0.15) is 0 Å². The van der Waals surface area contributed by atoms with Crippen LogP contribution >= 0.6 is 0 Å². The summed E-state index contributed by atoms with van der Waals surface area (Å²) in [7, 11) is 0. The summed E-state index contributed by atoms with van der Waals surface area (Å²) in [4.78, 5) is 22.3. The van der Waals surface area contributed by atoms with Gasteiger partial charge in [0.15, 0.2) is 0 Å². The lowest BCUT2D eigenvalue weighted by Crippen LogP contribution is -2.35. The number of carbonyl (C=O) groups excluding carboxylic acids is 1. The fourth-order valence-electron chi connectivity index (χ4n) is 2.33. The second kappa shape index (κ2) is 5.73. The van der Waals surface area contributed by atoms with E-state index < -0.39 is 11.8 Å². The molecule has 1 fully saturated rings. The SMILES string of the molecule is O=C1CCOC[C@@H]1[C@H](C[N+](=O)[O-])c1ccccc1. The molecule has 5 heteroatoms. The Balaban J connectivity index is 2.24. The molecule has 0 spiro atoms. The van der Waals surface area contributed by atoms with Crippen LogP contribution in [0.15, 0.2) is 30.3 Å². The largest absolute Gasteiger partial charge is 0.380 e. The van der Waals surface area contributed by atoms with Crippen molar-refractivity contribution in [2.75, 3.05) is 19.8 Å². The molecule has 0 aromatic heterocycles. The second-order valence-electron chi connectivity index (χ2n) is 4.43. The first-order chi connectivity index (χ1) is 8.68. The average Bonchev–Trinajstić information content (AvgIpc) is 2.38. The molecule has 0 saturated carbocycles. The third kappa shape index (κ3) is 2.92. The Morgan fingerprint density at radius 1 is 1.39 bits per heavy atom. The lowest BCUT2D eigenvalue weighted by atomic mass is 9.82. The van der Waals surface area contributed by atoms with E-state index in [4.69, 9.17) is 4.74 Å². The molecule has 1 saturated heterocycles. The minimum atomic E-state index is -0.397. The van der Waals surface area contributed by atoms with Gasteiger partial charge in [-0.15, -0.1) is 0 Å². The van der Waals surface area contributed by atoms with Crippen LogP contribution in [0.3, 0.4) is 0 Å². The molecular formula is C13H15NO4. The van der Waals surface area contributed by atoms with Gasteiger partial charge >= 0.3 is 0 Å². The number of rotatable bonds is 4. The van der Waals surface area contributed by atoms with Crippen molar-refractivity contribution in [2.24, 2.45) is 5.92 Å². The fraction of sp³-hybridized carbons (Fsp3) is 0.462. The van der Waals surface area contributed by atoms with Gasteiger partial charge in [0.05, 0.1) is 25.0 Å². The molecule has 5 nitrogen and oxygen atoms in total. The zero-order valence-electron chi connectivity index (χ0n) is 9.95. The maximum atomic E-state index is 11.9. The summed E-state index contributed by atoms with van der Waals surface area (Å²) in [6, 6.07) is 9.17. The molecule has 1 heterocycles. The lowest BCUT2D eigenvalue weighted by molar-refractivity contribution is -0.484. The first-order valence-corrected chi connectivity index (χ1v) is 5.95. The molecule has 2 rings (SSSR count). The van der Waals surface area contributed by atoms with Crippen molar-refractivity contribution >= 4 is 5.78 Å². The summed E-state index contributed by atoms with van der Waals surface area (Å²) in [6.45, 7) is 0.478. The number of hydrogen-bond donors (Lipinski definition) is 0. The van der Waals surface area contributed by atoms with Gasteiger partial charge in [0.2, 0.25) is 6.54 Å². The van der Waals surface area contributed by atoms with E-state index in [9.17, 15) is 14.9 Å². The van der Waals surface area contributed by atoms with E-state index in [1.165, 1.54) is 0 Å². The Morgan fingerprint density at radius 3 is 2.72 bits per heavy atom. The number of nitro groups is 1. The van der Waals surface area contributed by atoms with Crippen LogP contribution in [-0.4, -0.2) is 30.5 Å². The van der Waals surface area contributed by atoms with Gasteiger partial charge in [-0.3, -0.25) is 14.9 Å². The predicted octanol–water partition coefficient (Wildman–Crippen LogP) is 1.65. The third-order valence-corrected chi connectivity index (χ3v) is 3.26. The van der Waals surface area contributed by atoms with E-state index >= 15 is 0 Å². The minimum absolute atomic E-state index is 0.0666. The van der Waals surface area contributed by atoms with Crippen LogP contribution in [0.5, 0.6) is 0 Å². The quantitative estimate of drug-likeness (QED) is 0.601. The number of ether oxygens (including phenoxy) is 1. The number of nitrogens with zero attached hydrogens (tertiary/aromatic N) is 1. The lowest BCUT2D eigenvalue weighted by Gasteiger charge is -2.27. The molecule has 0 N–H and O–H groups in total. The van der Waals surface area contributed by atoms with Gasteiger partial charge in [-0.05, 0) is 5.56 Å². The van der Waals surface area contributed by atoms with Crippen LogP contribution in [0.25, 0.3) is 0 Å². The van der Waals surface area contributed by atoms with Crippen molar-refractivity contribution in [3.63, 3.8) is 0 Å². The summed E-state index contributed by atoms with van der Waals surface area (Å²) in [5, 5.41) is 10.8. The molecule has 1 aliphatic heterocycles. The molecule has 96 valence electrons. The van der Waals surface area contributed by atoms with Gasteiger partial charge in [0.25, 0.3) is 0 Å². The molecule has 0 amide bonds. The third-order valence-electron chi connectivity index (χ3n) is 3.26. The molecule has 0 aliphatic carbocycles. The maximum Gasteiger partial charge on any atom is 0.211 e. The van der Waals surface area contributed by atoms with E-state index in [0.29, 0.717) is 13.0 Å². The van der Waals surface area contributed by atoms with Crippen LogP contribution < -0.4 is 0 Å².